The highest BCUT2D eigenvalue weighted by atomic mass is 16.6. The van der Waals surface area contributed by atoms with Crippen LogP contribution < -0.4 is 10.6 Å². The molecular weight excluding hydrogens is 522 g/mol. The van der Waals surface area contributed by atoms with Crippen LogP contribution in [0, 0.1) is 5.92 Å². The van der Waals surface area contributed by atoms with Gasteiger partial charge in [0.1, 0.15) is 5.60 Å². The first kappa shape index (κ1) is 30.1. The van der Waals surface area contributed by atoms with Gasteiger partial charge in [0.25, 0.3) is 5.91 Å². The monoisotopic (exact) mass is 563 g/mol. The number of carbonyl (C=O) groups is 4. The average molecular weight is 564 g/mol. The molecule has 1 saturated heterocycles. The van der Waals surface area contributed by atoms with Crippen molar-refractivity contribution in [3.05, 3.63) is 71.3 Å². The van der Waals surface area contributed by atoms with Crippen molar-refractivity contribution < 1.29 is 29.0 Å². The zero-order chi connectivity index (χ0) is 29.6. The zero-order valence-corrected chi connectivity index (χ0v) is 24.1. The Morgan fingerprint density at radius 3 is 2.32 bits per heavy atom. The minimum atomic E-state index is -0.990. The molecule has 0 bridgehead atoms. The molecule has 0 radical (unpaired) electrons. The van der Waals surface area contributed by atoms with E-state index >= 15 is 0 Å². The summed E-state index contributed by atoms with van der Waals surface area (Å²) in [6.07, 6.45) is 3.03. The van der Waals surface area contributed by atoms with Gasteiger partial charge in [-0.15, -0.1) is 0 Å². The molecular formula is C32H41N3O6. The molecule has 9 nitrogen and oxygen atoms in total. The quantitative estimate of drug-likeness (QED) is 0.369. The Morgan fingerprint density at radius 1 is 1.00 bits per heavy atom. The van der Waals surface area contributed by atoms with Gasteiger partial charge in [-0.2, -0.15) is 0 Å². The number of carboxylic acids is 1. The molecule has 9 heteroatoms. The Labute approximate surface area is 241 Å². The van der Waals surface area contributed by atoms with Crippen LogP contribution in [-0.2, 0) is 20.7 Å². The lowest BCUT2D eigenvalue weighted by molar-refractivity contribution is -0.142. The number of nitrogens with one attached hydrogen (secondary N) is 2. The molecule has 2 aliphatic rings. The average Bonchev–Trinajstić information content (AvgIpc) is 3.17. The lowest BCUT2D eigenvalue weighted by Gasteiger charge is -2.36. The first-order chi connectivity index (χ1) is 19.5. The van der Waals surface area contributed by atoms with E-state index < -0.39 is 23.6 Å². The van der Waals surface area contributed by atoms with Crippen LogP contribution in [-0.4, -0.2) is 64.7 Å². The minimum Gasteiger partial charge on any atom is -0.481 e. The maximum Gasteiger partial charge on any atom is 0.407 e. The highest BCUT2D eigenvalue weighted by Gasteiger charge is 2.40. The number of alkyl carbamates (subject to hydrolysis) is 1. The fourth-order valence-corrected chi connectivity index (χ4v) is 5.64. The highest BCUT2D eigenvalue weighted by molar-refractivity contribution is 5.94. The van der Waals surface area contributed by atoms with E-state index in [1.54, 1.807) is 17.0 Å². The summed E-state index contributed by atoms with van der Waals surface area (Å²) in [6, 6.07) is 17.3. The van der Waals surface area contributed by atoms with Crippen LogP contribution in [0.1, 0.15) is 80.3 Å². The molecule has 1 saturated carbocycles. The number of amides is 3. The summed E-state index contributed by atoms with van der Waals surface area (Å²) in [5, 5.41) is 15.1. The minimum absolute atomic E-state index is 0.0764. The fraction of sp³-hybridized carbons (Fsp3) is 0.500. The van der Waals surface area contributed by atoms with Crippen LogP contribution in [0.4, 0.5) is 4.79 Å². The molecule has 0 spiro atoms. The molecule has 2 aromatic rings. The smallest absolute Gasteiger partial charge is 0.407 e. The number of benzene rings is 2. The zero-order valence-electron chi connectivity index (χ0n) is 24.1. The molecule has 1 aliphatic heterocycles. The second kappa shape index (κ2) is 13.2. The summed E-state index contributed by atoms with van der Waals surface area (Å²) in [7, 11) is 0. The lowest BCUT2D eigenvalue weighted by atomic mass is 9.76. The predicted octanol–water partition coefficient (Wildman–Crippen LogP) is 4.51. The topological polar surface area (TPSA) is 125 Å². The van der Waals surface area contributed by atoms with Gasteiger partial charge >= 0.3 is 12.1 Å². The molecule has 4 rings (SSSR count). The van der Waals surface area contributed by atoms with Crippen molar-refractivity contribution in [1.29, 1.82) is 0 Å². The molecule has 220 valence electrons. The van der Waals surface area contributed by atoms with Crippen molar-refractivity contribution in [2.45, 2.75) is 82.9 Å². The van der Waals surface area contributed by atoms with E-state index in [-0.39, 0.29) is 36.9 Å². The van der Waals surface area contributed by atoms with Gasteiger partial charge in [-0.05, 0) is 82.1 Å². The third kappa shape index (κ3) is 8.55. The molecule has 3 N–H and O–H groups in total. The number of likely N-dealkylation sites (tertiary alicyclic amines) is 1. The first-order valence-electron chi connectivity index (χ1n) is 14.4. The molecule has 0 unspecified atom stereocenters. The standard InChI is InChI=1S/C32H41N3O6/c1-32(2,3)41-31(40)34-26-16-24(17-26)22-11-13-23(14-12-22)29(38)33-20-27-18-25(19-28(36)37)30(39)35(27)15-7-10-21-8-5-4-6-9-21/h4-6,8-9,11-14,24-27H,7,10,15-20H2,1-3H3,(H,33,38)(H,34,40)(H,36,37)/t24?,25-,26?,27-/m0/s1. The van der Waals surface area contributed by atoms with E-state index in [0.29, 0.717) is 24.4 Å². The van der Waals surface area contributed by atoms with Crippen molar-refractivity contribution >= 4 is 23.9 Å². The number of carboxylic acid groups (broad SMARTS) is 1. The molecule has 3 amide bonds. The van der Waals surface area contributed by atoms with Crippen LogP contribution in [0.2, 0.25) is 0 Å². The third-order valence-electron chi connectivity index (χ3n) is 7.76. The molecule has 2 aromatic carbocycles. The van der Waals surface area contributed by atoms with Crippen molar-refractivity contribution in [1.82, 2.24) is 15.5 Å². The third-order valence-corrected chi connectivity index (χ3v) is 7.76. The van der Waals surface area contributed by atoms with E-state index in [1.165, 1.54) is 5.56 Å². The number of carbonyl (C=O) groups excluding carboxylic acids is 3. The molecule has 41 heavy (non-hydrogen) atoms. The maximum atomic E-state index is 13.0. The fourth-order valence-electron chi connectivity index (χ4n) is 5.64. The second-order valence-electron chi connectivity index (χ2n) is 12.1. The molecule has 1 heterocycles. The molecule has 0 aromatic heterocycles. The van der Waals surface area contributed by atoms with Gasteiger partial charge < -0.3 is 25.4 Å². The number of aliphatic carboxylic acids is 1. The number of nitrogens with zero attached hydrogens (tertiary/aromatic N) is 1. The van der Waals surface area contributed by atoms with Crippen molar-refractivity contribution in [2.24, 2.45) is 5.92 Å². The van der Waals surface area contributed by atoms with E-state index in [0.717, 1.165) is 31.2 Å². The molecule has 1 aliphatic carbocycles. The van der Waals surface area contributed by atoms with E-state index in [2.05, 4.69) is 10.6 Å². The van der Waals surface area contributed by atoms with Crippen LogP contribution in [0.3, 0.4) is 0 Å². The number of aryl methyl sites for hydroxylation is 1. The first-order valence-corrected chi connectivity index (χ1v) is 14.4. The van der Waals surface area contributed by atoms with Crippen LogP contribution in [0.15, 0.2) is 54.6 Å². The number of hydrogen-bond donors (Lipinski definition) is 3. The Balaban J connectivity index is 1.27. The summed E-state index contributed by atoms with van der Waals surface area (Å²) in [5.41, 5.74) is 2.30. The Hall–Kier alpha value is -3.88. The van der Waals surface area contributed by atoms with E-state index in [9.17, 15) is 24.3 Å². The van der Waals surface area contributed by atoms with Gasteiger partial charge in [0.05, 0.1) is 12.3 Å². The Bertz CT molecular complexity index is 1220. The molecule has 2 fully saturated rings. The van der Waals surface area contributed by atoms with Gasteiger partial charge in [0.15, 0.2) is 0 Å². The van der Waals surface area contributed by atoms with Crippen molar-refractivity contribution in [3.8, 4) is 0 Å². The Kier molecular flexibility index (Phi) is 9.68. The normalized spacial score (nSPS) is 22.1. The summed E-state index contributed by atoms with van der Waals surface area (Å²) in [5.74, 6) is -1.62. The highest BCUT2D eigenvalue weighted by Crippen LogP contribution is 2.37. The SMILES string of the molecule is CC(C)(C)OC(=O)NC1CC(c2ccc(C(=O)NC[C@@H]3C[C@@H](CC(=O)O)C(=O)N3CCCc3ccccc3)cc2)C1. The van der Waals surface area contributed by atoms with Gasteiger partial charge in [-0.1, -0.05) is 42.5 Å². The van der Waals surface area contributed by atoms with Crippen LogP contribution in [0.25, 0.3) is 0 Å². The Morgan fingerprint density at radius 2 is 1.68 bits per heavy atom. The number of ether oxygens (including phenoxy) is 1. The van der Waals surface area contributed by atoms with Crippen LogP contribution >= 0.6 is 0 Å². The van der Waals surface area contributed by atoms with Crippen LogP contribution in [0.5, 0.6) is 0 Å². The van der Waals surface area contributed by atoms with Gasteiger partial charge in [0.2, 0.25) is 5.91 Å². The van der Waals surface area contributed by atoms with Gasteiger partial charge in [0, 0.05) is 30.7 Å². The maximum absolute atomic E-state index is 13.0. The number of hydrogen-bond acceptors (Lipinski definition) is 5. The van der Waals surface area contributed by atoms with E-state index in [4.69, 9.17) is 4.74 Å². The summed E-state index contributed by atoms with van der Waals surface area (Å²) in [4.78, 5) is 51.0. The van der Waals surface area contributed by atoms with Gasteiger partial charge in [-0.25, -0.2) is 4.79 Å². The second-order valence-corrected chi connectivity index (χ2v) is 12.1. The van der Waals surface area contributed by atoms with Crippen molar-refractivity contribution in [2.75, 3.05) is 13.1 Å². The number of rotatable bonds is 11. The summed E-state index contributed by atoms with van der Waals surface area (Å²) in [6.45, 7) is 6.29. The largest absolute Gasteiger partial charge is 0.481 e. The van der Waals surface area contributed by atoms with Crippen molar-refractivity contribution in [3.63, 3.8) is 0 Å². The predicted molar refractivity (Wildman–Crippen MR) is 155 cm³/mol. The summed E-state index contributed by atoms with van der Waals surface area (Å²) < 4.78 is 5.32. The summed E-state index contributed by atoms with van der Waals surface area (Å²) >= 11 is 0. The molecule has 2 atom stereocenters. The van der Waals surface area contributed by atoms with E-state index in [1.807, 2.05) is 63.2 Å². The lowest BCUT2D eigenvalue weighted by Crippen LogP contribution is -2.45. The van der Waals surface area contributed by atoms with Gasteiger partial charge in [-0.3, -0.25) is 14.4 Å².